The zero-order chi connectivity index (χ0) is 19.5. The molecule has 148 valence electrons. The smallest absolute Gasteiger partial charge is 0.224 e. The first-order chi connectivity index (χ1) is 13.6. The summed E-state index contributed by atoms with van der Waals surface area (Å²) < 4.78 is 0. The van der Waals surface area contributed by atoms with Crippen molar-refractivity contribution in [3.63, 3.8) is 0 Å². The zero-order valence-electron chi connectivity index (χ0n) is 17.1. The number of aryl methyl sites for hydroxylation is 2. The zero-order valence-corrected chi connectivity index (χ0v) is 17.1. The van der Waals surface area contributed by atoms with Crippen LogP contribution in [0.4, 0.5) is 11.4 Å². The summed E-state index contributed by atoms with van der Waals surface area (Å²) in [5.74, 6) is 0.131. The van der Waals surface area contributed by atoms with Gasteiger partial charge in [0.1, 0.15) is 0 Å². The average Bonchev–Trinajstić information content (AvgIpc) is 2.73. The van der Waals surface area contributed by atoms with Crippen molar-refractivity contribution >= 4 is 17.3 Å². The molecule has 0 radical (unpaired) electrons. The van der Waals surface area contributed by atoms with Gasteiger partial charge in [-0.3, -0.25) is 4.79 Å². The van der Waals surface area contributed by atoms with Crippen molar-refractivity contribution in [2.75, 3.05) is 36.9 Å². The van der Waals surface area contributed by atoms with E-state index < -0.39 is 0 Å². The van der Waals surface area contributed by atoms with Gasteiger partial charge >= 0.3 is 0 Å². The van der Waals surface area contributed by atoms with E-state index in [1.807, 2.05) is 0 Å². The van der Waals surface area contributed by atoms with Crippen molar-refractivity contribution in [3.05, 3.63) is 59.2 Å². The number of piperidine rings is 1. The number of nitrogens with one attached hydrogen (secondary N) is 1. The van der Waals surface area contributed by atoms with Gasteiger partial charge in [0, 0.05) is 50.5 Å². The number of carbonyl (C=O) groups excluding carboxylic acids is 1. The van der Waals surface area contributed by atoms with Gasteiger partial charge in [-0.2, -0.15) is 0 Å². The maximum Gasteiger partial charge on any atom is 0.224 e. The van der Waals surface area contributed by atoms with Gasteiger partial charge in [-0.15, -0.1) is 0 Å². The van der Waals surface area contributed by atoms with Crippen LogP contribution in [0, 0.1) is 6.92 Å². The molecule has 2 heterocycles. The Morgan fingerprint density at radius 3 is 2.57 bits per heavy atom. The van der Waals surface area contributed by atoms with Crippen LogP contribution in [-0.4, -0.2) is 43.5 Å². The number of hydrogen-bond acceptors (Lipinski definition) is 3. The fourth-order valence-electron chi connectivity index (χ4n) is 4.37. The third kappa shape index (κ3) is 4.39. The number of hydrogen-bond donors (Lipinski definition) is 1. The molecule has 2 aromatic carbocycles. The molecular formula is C24H31N3O. The largest absolute Gasteiger partial charge is 0.372 e. The highest BCUT2D eigenvalue weighted by Crippen LogP contribution is 2.29. The van der Waals surface area contributed by atoms with Crippen molar-refractivity contribution < 1.29 is 4.79 Å². The lowest BCUT2D eigenvalue weighted by atomic mass is 9.99. The highest BCUT2D eigenvalue weighted by atomic mass is 16.1. The molecule has 28 heavy (non-hydrogen) atoms. The van der Waals surface area contributed by atoms with E-state index in [0.717, 1.165) is 25.1 Å². The Morgan fingerprint density at radius 2 is 1.82 bits per heavy atom. The molecule has 4 nitrogen and oxygen atoms in total. The lowest BCUT2D eigenvalue weighted by Crippen LogP contribution is -2.44. The number of anilines is 2. The first kappa shape index (κ1) is 19.0. The summed E-state index contributed by atoms with van der Waals surface area (Å²) in [6, 6.07) is 16.0. The van der Waals surface area contributed by atoms with E-state index in [1.54, 1.807) is 0 Å². The third-order valence-electron chi connectivity index (χ3n) is 6.33. The fraction of sp³-hybridized carbons (Fsp3) is 0.458. The number of fused-ring (bicyclic) bond motifs is 1. The van der Waals surface area contributed by atoms with Crippen molar-refractivity contribution in [1.29, 1.82) is 0 Å². The molecule has 0 aromatic heterocycles. The monoisotopic (exact) mass is 377 g/mol. The summed E-state index contributed by atoms with van der Waals surface area (Å²) in [5.41, 5.74) is 6.29. The van der Waals surface area contributed by atoms with Gasteiger partial charge in [0.05, 0.1) is 0 Å². The highest BCUT2D eigenvalue weighted by Gasteiger charge is 2.23. The maximum absolute atomic E-state index is 11.6. The molecule has 4 rings (SSSR count). The standard InChI is InChI=1S/C24H31N3O/c1-18-3-5-19(6-4-18)11-14-27-15-12-21(13-16-27)26(2)22-8-9-23-20(17-22)7-10-24(28)25-23/h3-6,8-9,17,21H,7,10-16H2,1-2H3,(H,25,28). The molecule has 2 aliphatic heterocycles. The first-order valence-electron chi connectivity index (χ1n) is 10.5. The summed E-state index contributed by atoms with van der Waals surface area (Å²) >= 11 is 0. The second-order valence-electron chi connectivity index (χ2n) is 8.31. The van der Waals surface area contributed by atoms with E-state index in [1.165, 1.54) is 48.3 Å². The molecule has 0 spiro atoms. The third-order valence-corrected chi connectivity index (χ3v) is 6.33. The molecule has 1 saturated heterocycles. The molecule has 0 unspecified atom stereocenters. The van der Waals surface area contributed by atoms with E-state index in [-0.39, 0.29) is 5.91 Å². The van der Waals surface area contributed by atoms with E-state index in [4.69, 9.17) is 0 Å². The molecule has 0 atom stereocenters. The Morgan fingerprint density at radius 1 is 1.07 bits per heavy atom. The average molecular weight is 378 g/mol. The molecule has 2 aliphatic rings. The van der Waals surface area contributed by atoms with Gasteiger partial charge in [0.2, 0.25) is 5.91 Å². The molecule has 4 heteroatoms. The number of likely N-dealkylation sites (tertiary alicyclic amines) is 1. The van der Waals surface area contributed by atoms with Crippen LogP contribution in [0.15, 0.2) is 42.5 Å². The number of benzene rings is 2. The van der Waals surface area contributed by atoms with E-state index >= 15 is 0 Å². The Balaban J connectivity index is 1.29. The minimum atomic E-state index is 0.131. The Kier molecular flexibility index (Phi) is 5.67. The van der Waals surface area contributed by atoms with Crippen molar-refractivity contribution in [2.24, 2.45) is 0 Å². The van der Waals surface area contributed by atoms with Crippen LogP contribution < -0.4 is 10.2 Å². The molecule has 0 saturated carbocycles. The van der Waals surface area contributed by atoms with E-state index in [0.29, 0.717) is 12.5 Å². The van der Waals surface area contributed by atoms with Crippen LogP contribution in [0.1, 0.15) is 36.0 Å². The SMILES string of the molecule is Cc1ccc(CCN2CCC(N(C)c3ccc4c(c3)CCC(=O)N4)CC2)cc1. The summed E-state index contributed by atoms with van der Waals surface area (Å²) in [4.78, 5) is 16.6. The van der Waals surface area contributed by atoms with Crippen LogP contribution >= 0.6 is 0 Å². The second kappa shape index (κ2) is 8.36. The molecular weight excluding hydrogens is 346 g/mol. The van der Waals surface area contributed by atoms with Crippen LogP contribution in [0.2, 0.25) is 0 Å². The normalized spacial score (nSPS) is 17.9. The summed E-state index contributed by atoms with van der Waals surface area (Å²) in [5, 5.41) is 2.98. The summed E-state index contributed by atoms with van der Waals surface area (Å²) in [6.07, 6.45) is 4.99. The number of rotatable bonds is 5. The van der Waals surface area contributed by atoms with Crippen molar-refractivity contribution in [2.45, 2.75) is 45.1 Å². The van der Waals surface area contributed by atoms with Crippen LogP contribution in [0.25, 0.3) is 0 Å². The van der Waals surface area contributed by atoms with E-state index in [9.17, 15) is 4.79 Å². The lowest BCUT2D eigenvalue weighted by molar-refractivity contribution is -0.116. The van der Waals surface area contributed by atoms with Gasteiger partial charge in [-0.25, -0.2) is 0 Å². The van der Waals surface area contributed by atoms with Gasteiger partial charge in [-0.1, -0.05) is 29.8 Å². The number of amides is 1. The Bertz CT molecular complexity index is 822. The summed E-state index contributed by atoms with van der Waals surface area (Å²) in [7, 11) is 2.22. The molecule has 1 fully saturated rings. The maximum atomic E-state index is 11.6. The molecule has 1 N–H and O–H groups in total. The van der Waals surface area contributed by atoms with Crippen molar-refractivity contribution in [3.8, 4) is 0 Å². The Hall–Kier alpha value is -2.33. The minimum absolute atomic E-state index is 0.131. The van der Waals surface area contributed by atoms with Gasteiger partial charge in [-0.05, 0) is 61.9 Å². The topological polar surface area (TPSA) is 35.6 Å². The minimum Gasteiger partial charge on any atom is -0.372 e. The predicted octanol–water partition coefficient (Wildman–Crippen LogP) is 4.02. The second-order valence-corrected chi connectivity index (χ2v) is 8.31. The van der Waals surface area contributed by atoms with Crippen molar-refractivity contribution in [1.82, 2.24) is 4.90 Å². The summed E-state index contributed by atoms with van der Waals surface area (Å²) in [6.45, 7) is 5.63. The molecule has 0 aliphatic carbocycles. The molecule has 1 amide bonds. The van der Waals surface area contributed by atoms with Crippen LogP contribution in [-0.2, 0) is 17.6 Å². The molecule has 0 bridgehead atoms. The lowest BCUT2D eigenvalue weighted by Gasteiger charge is -2.38. The number of nitrogens with zero attached hydrogens (tertiary/aromatic N) is 2. The first-order valence-corrected chi connectivity index (χ1v) is 10.5. The number of carbonyl (C=O) groups is 1. The van der Waals surface area contributed by atoms with Gasteiger partial charge in [0.25, 0.3) is 0 Å². The van der Waals surface area contributed by atoms with Crippen LogP contribution in [0.5, 0.6) is 0 Å². The van der Waals surface area contributed by atoms with Gasteiger partial charge in [0.15, 0.2) is 0 Å². The quantitative estimate of drug-likeness (QED) is 0.855. The highest BCUT2D eigenvalue weighted by molar-refractivity contribution is 5.94. The Labute approximate surface area is 168 Å². The van der Waals surface area contributed by atoms with E-state index in [2.05, 4.69) is 71.6 Å². The fourth-order valence-corrected chi connectivity index (χ4v) is 4.37. The predicted molar refractivity (Wildman–Crippen MR) is 116 cm³/mol. The molecule has 2 aromatic rings. The van der Waals surface area contributed by atoms with Gasteiger partial charge < -0.3 is 15.1 Å². The van der Waals surface area contributed by atoms with Crippen LogP contribution in [0.3, 0.4) is 0 Å².